The third-order valence-electron chi connectivity index (χ3n) is 3.77. The van der Waals surface area contributed by atoms with Gasteiger partial charge in [0.2, 0.25) is 17.6 Å². The van der Waals surface area contributed by atoms with Gasteiger partial charge in [0, 0.05) is 17.3 Å². The zero-order chi connectivity index (χ0) is 19.4. The van der Waals surface area contributed by atoms with Crippen molar-refractivity contribution < 1.29 is 4.92 Å². The number of nitrogen functional groups attached to an aromatic ring is 1. The zero-order valence-corrected chi connectivity index (χ0v) is 15.2. The van der Waals surface area contributed by atoms with Crippen molar-refractivity contribution in [3.05, 3.63) is 74.8 Å². The Hall–Kier alpha value is -3.39. The molecule has 0 aliphatic heterocycles. The number of nitrogens with two attached hydrogens (primary N) is 1. The van der Waals surface area contributed by atoms with E-state index in [0.29, 0.717) is 17.3 Å². The summed E-state index contributed by atoms with van der Waals surface area (Å²) >= 11 is 5.86. The van der Waals surface area contributed by atoms with E-state index in [1.165, 1.54) is 0 Å². The molecule has 0 atom stereocenters. The van der Waals surface area contributed by atoms with Crippen LogP contribution in [0, 0.1) is 17.0 Å². The number of rotatable bonds is 6. The first-order chi connectivity index (χ1) is 12.9. The van der Waals surface area contributed by atoms with Gasteiger partial charge in [-0.2, -0.15) is 9.97 Å². The van der Waals surface area contributed by atoms with Crippen LogP contribution >= 0.6 is 11.6 Å². The van der Waals surface area contributed by atoms with Gasteiger partial charge in [-0.1, -0.05) is 41.4 Å². The molecule has 0 radical (unpaired) electrons. The zero-order valence-electron chi connectivity index (χ0n) is 14.4. The van der Waals surface area contributed by atoms with Crippen LogP contribution in [0.25, 0.3) is 0 Å². The fourth-order valence-electron chi connectivity index (χ4n) is 2.38. The molecule has 0 bridgehead atoms. The molecule has 0 aliphatic rings. The molecule has 0 unspecified atom stereocenters. The lowest BCUT2D eigenvalue weighted by atomic mass is 10.1. The molecule has 138 valence electrons. The molecule has 3 rings (SSSR count). The fourth-order valence-corrected chi connectivity index (χ4v) is 2.50. The Labute approximate surface area is 160 Å². The molecule has 1 aromatic heterocycles. The van der Waals surface area contributed by atoms with E-state index in [4.69, 9.17) is 17.3 Å². The molecular formula is C18H17ClN6O2. The summed E-state index contributed by atoms with van der Waals surface area (Å²) in [6.07, 6.45) is 0. The molecule has 0 fully saturated rings. The van der Waals surface area contributed by atoms with Crippen LogP contribution in [0.2, 0.25) is 5.02 Å². The van der Waals surface area contributed by atoms with E-state index in [2.05, 4.69) is 20.6 Å². The number of hydrogen-bond donors (Lipinski definition) is 3. The number of hydrogen-bond acceptors (Lipinski definition) is 7. The molecular weight excluding hydrogens is 368 g/mol. The fraction of sp³-hybridized carbons (Fsp3) is 0.111. The average Bonchev–Trinajstić information content (AvgIpc) is 2.62. The van der Waals surface area contributed by atoms with Crippen LogP contribution in [0.15, 0.2) is 48.5 Å². The van der Waals surface area contributed by atoms with Gasteiger partial charge in [-0.3, -0.25) is 10.1 Å². The van der Waals surface area contributed by atoms with Gasteiger partial charge in [0.25, 0.3) is 0 Å². The summed E-state index contributed by atoms with van der Waals surface area (Å²) in [6, 6.07) is 14.6. The van der Waals surface area contributed by atoms with Gasteiger partial charge in [0.1, 0.15) is 0 Å². The van der Waals surface area contributed by atoms with Crippen molar-refractivity contribution in [2.75, 3.05) is 16.4 Å². The second kappa shape index (κ2) is 7.88. The molecule has 2 aromatic carbocycles. The maximum absolute atomic E-state index is 11.4. The summed E-state index contributed by atoms with van der Waals surface area (Å²) in [5.41, 5.74) is 8.18. The third kappa shape index (κ3) is 4.62. The quantitative estimate of drug-likeness (QED) is 0.428. The Bertz CT molecular complexity index is 961. The van der Waals surface area contributed by atoms with Gasteiger partial charge in [0.15, 0.2) is 0 Å². The van der Waals surface area contributed by atoms with E-state index in [1.54, 1.807) is 24.3 Å². The summed E-state index contributed by atoms with van der Waals surface area (Å²) < 4.78 is 0. The maximum Gasteiger partial charge on any atom is 0.353 e. The van der Waals surface area contributed by atoms with Crippen LogP contribution in [0.5, 0.6) is 0 Å². The smallest absolute Gasteiger partial charge is 0.353 e. The van der Waals surface area contributed by atoms with Crippen LogP contribution in [-0.4, -0.2) is 14.9 Å². The van der Waals surface area contributed by atoms with Gasteiger partial charge in [-0.25, -0.2) is 0 Å². The number of aryl methyl sites for hydroxylation is 1. The normalized spacial score (nSPS) is 10.4. The summed E-state index contributed by atoms with van der Waals surface area (Å²) in [6.45, 7) is 2.46. The van der Waals surface area contributed by atoms with Crippen molar-refractivity contribution in [3.63, 3.8) is 0 Å². The van der Waals surface area contributed by atoms with Crippen molar-refractivity contribution in [3.8, 4) is 0 Å². The summed E-state index contributed by atoms with van der Waals surface area (Å²) in [4.78, 5) is 19.0. The number of nitrogens with one attached hydrogen (secondary N) is 2. The van der Waals surface area contributed by atoms with Gasteiger partial charge in [-0.15, -0.1) is 0 Å². The van der Waals surface area contributed by atoms with Crippen LogP contribution in [0.3, 0.4) is 0 Å². The number of halogens is 1. The third-order valence-corrected chi connectivity index (χ3v) is 4.02. The van der Waals surface area contributed by atoms with Gasteiger partial charge < -0.3 is 16.4 Å². The lowest BCUT2D eigenvalue weighted by Gasteiger charge is -2.11. The lowest BCUT2D eigenvalue weighted by Crippen LogP contribution is -2.10. The lowest BCUT2D eigenvalue weighted by molar-refractivity contribution is -0.383. The molecule has 1 heterocycles. The van der Waals surface area contributed by atoms with Gasteiger partial charge in [0.05, 0.1) is 4.92 Å². The Morgan fingerprint density at radius 2 is 1.78 bits per heavy atom. The minimum absolute atomic E-state index is 0.00114. The number of nitrogens with zero attached hydrogens (tertiary/aromatic N) is 3. The molecule has 4 N–H and O–H groups in total. The SMILES string of the molecule is Cc1ccc(CNc2nc(N)c([N+](=O)[O-])c(Nc3ccc(Cl)cc3)n2)cc1. The summed E-state index contributed by atoms with van der Waals surface area (Å²) in [7, 11) is 0. The van der Waals surface area contributed by atoms with Crippen LogP contribution in [0.4, 0.5) is 29.0 Å². The second-order valence-electron chi connectivity index (χ2n) is 5.86. The molecule has 0 saturated heterocycles. The minimum atomic E-state index is -0.614. The van der Waals surface area contributed by atoms with Crippen LogP contribution < -0.4 is 16.4 Å². The second-order valence-corrected chi connectivity index (χ2v) is 6.29. The predicted octanol–water partition coefficient (Wildman–Crippen LogP) is 4.28. The monoisotopic (exact) mass is 384 g/mol. The molecule has 3 aromatic rings. The first-order valence-electron chi connectivity index (χ1n) is 8.06. The molecule has 27 heavy (non-hydrogen) atoms. The van der Waals surface area contributed by atoms with Gasteiger partial charge in [-0.05, 0) is 36.8 Å². The first-order valence-corrected chi connectivity index (χ1v) is 8.44. The number of aromatic nitrogens is 2. The summed E-state index contributed by atoms with van der Waals surface area (Å²) in [5, 5.41) is 17.9. The van der Waals surface area contributed by atoms with Crippen molar-refractivity contribution in [2.45, 2.75) is 13.5 Å². The van der Waals surface area contributed by atoms with Crippen LogP contribution in [0.1, 0.15) is 11.1 Å². The van der Waals surface area contributed by atoms with E-state index < -0.39 is 4.92 Å². The Balaban J connectivity index is 1.86. The number of benzene rings is 2. The van der Waals surface area contributed by atoms with E-state index in [-0.39, 0.29) is 23.3 Å². The molecule has 0 aliphatic carbocycles. The molecule has 9 heteroatoms. The Morgan fingerprint density at radius 1 is 1.11 bits per heavy atom. The largest absolute Gasteiger partial charge is 0.378 e. The Kier molecular flexibility index (Phi) is 5.37. The highest BCUT2D eigenvalue weighted by Gasteiger charge is 2.23. The molecule has 0 spiro atoms. The van der Waals surface area contributed by atoms with Crippen molar-refractivity contribution in [1.82, 2.24) is 9.97 Å². The highest BCUT2D eigenvalue weighted by atomic mass is 35.5. The molecule has 0 saturated carbocycles. The Morgan fingerprint density at radius 3 is 2.41 bits per heavy atom. The number of nitro groups is 1. The van der Waals surface area contributed by atoms with Crippen molar-refractivity contribution in [1.29, 1.82) is 0 Å². The maximum atomic E-state index is 11.4. The molecule has 8 nitrogen and oxygen atoms in total. The van der Waals surface area contributed by atoms with E-state index >= 15 is 0 Å². The highest BCUT2D eigenvalue weighted by Crippen LogP contribution is 2.31. The standard InChI is InChI=1S/C18H17ClN6O2/c1-11-2-4-12(5-3-11)10-21-18-23-16(20)15(25(26)27)17(24-18)22-14-8-6-13(19)7-9-14/h2-9H,10H2,1H3,(H4,20,21,22,23,24). The highest BCUT2D eigenvalue weighted by molar-refractivity contribution is 6.30. The topological polar surface area (TPSA) is 119 Å². The van der Waals surface area contributed by atoms with Crippen molar-refractivity contribution >= 4 is 40.6 Å². The predicted molar refractivity (Wildman–Crippen MR) is 106 cm³/mol. The number of anilines is 4. The molecule has 0 amide bonds. The van der Waals surface area contributed by atoms with Crippen LogP contribution in [-0.2, 0) is 6.54 Å². The first kappa shape index (κ1) is 18.4. The van der Waals surface area contributed by atoms with E-state index in [0.717, 1.165) is 11.1 Å². The van der Waals surface area contributed by atoms with Crippen molar-refractivity contribution in [2.24, 2.45) is 0 Å². The summed E-state index contributed by atoms with van der Waals surface area (Å²) in [5.74, 6) is -0.0331. The van der Waals surface area contributed by atoms with Gasteiger partial charge >= 0.3 is 5.69 Å². The van der Waals surface area contributed by atoms with E-state index in [1.807, 2.05) is 31.2 Å². The van der Waals surface area contributed by atoms with E-state index in [9.17, 15) is 10.1 Å². The minimum Gasteiger partial charge on any atom is -0.378 e. The average molecular weight is 385 g/mol.